The number of rotatable bonds is 2. The standard InChI is InChI=1S/C10H15N5O/c11-8-5-15(4-7(8)6-1-2-6)10(16)9-3-12-14-13-9/h3,6-8H,1-2,4-5,11H2,(H,12,13,14)/t7-,8+/m1/s1. The number of nitrogens with one attached hydrogen (secondary N) is 1. The Labute approximate surface area is 93.2 Å². The minimum absolute atomic E-state index is 0.0626. The van der Waals surface area contributed by atoms with Gasteiger partial charge in [-0.3, -0.25) is 4.79 Å². The molecular weight excluding hydrogens is 206 g/mol. The van der Waals surface area contributed by atoms with Gasteiger partial charge < -0.3 is 10.6 Å². The molecule has 1 aliphatic heterocycles. The first-order chi connectivity index (χ1) is 7.75. The summed E-state index contributed by atoms with van der Waals surface area (Å²) in [7, 11) is 0. The molecule has 1 aliphatic carbocycles. The van der Waals surface area contributed by atoms with Gasteiger partial charge in [0.15, 0.2) is 5.69 Å². The van der Waals surface area contributed by atoms with Crippen LogP contribution in [0.5, 0.6) is 0 Å². The lowest BCUT2D eigenvalue weighted by Crippen LogP contribution is -2.32. The molecule has 0 radical (unpaired) electrons. The molecule has 6 nitrogen and oxygen atoms in total. The van der Waals surface area contributed by atoms with E-state index in [-0.39, 0.29) is 11.9 Å². The average molecular weight is 221 g/mol. The van der Waals surface area contributed by atoms with Crippen molar-refractivity contribution in [2.75, 3.05) is 13.1 Å². The van der Waals surface area contributed by atoms with Crippen LogP contribution in [0.15, 0.2) is 6.20 Å². The summed E-state index contributed by atoms with van der Waals surface area (Å²) in [5, 5.41) is 9.90. The highest BCUT2D eigenvalue weighted by Gasteiger charge is 2.42. The van der Waals surface area contributed by atoms with E-state index < -0.39 is 0 Å². The normalized spacial score (nSPS) is 29.7. The molecule has 0 spiro atoms. The Morgan fingerprint density at radius 1 is 1.50 bits per heavy atom. The predicted octanol–water partition coefficient (Wildman–Crippen LogP) is -0.386. The number of hydrogen-bond acceptors (Lipinski definition) is 4. The molecule has 2 fully saturated rings. The second-order valence-electron chi connectivity index (χ2n) is 4.73. The number of likely N-dealkylation sites (tertiary alicyclic amines) is 1. The van der Waals surface area contributed by atoms with E-state index in [1.807, 2.05) is 0 Å². The number of carbonyl (C=O) groups is 1. The van der Waals surface area contributed by atoms with Gasteiger partial charge in [-0.2, -0.15) is 15.4 Å². The largest absolute Gasteiger partial charge is 0.335 e. The summed E-state index contributed by atoms with van der Waals surface area (Å²) in [6, 6.07) is 0.128. The van der Waals surface area contributed by atoms with Crippen LogP contribution in [0.25, 0.3) is 0 Å². The van der Waals surface area contributed by atoms with Crippen molar-refractivity contribution in [3.8, 4) is 0 Å². The van der Waals surface area contributed by atoms with E-state index in [4.69, 9.17) is 5.73 Å². The van der Waals surface area contributed by atoms with E-state index in [0.29, 0.717) is 18.2 Å². The highest BCUT2D eigenvalue weighted by molar-refractivity contribution is 5.92. The van der Waals surface area contributed by atoms with E-state index in [9.17, 15) is 4.79 Å². The number of hydrogen-bond donors (Lipinski definition) is 2. The van der Waals surface area contributed by atoms with Gasteiger partial charge in [-0.1, -0.05) is 0 Å². The highest BCUT2D eigenvalue weighted by atomic mass is 16.2. The molecule has 3 rings (SSSR count). The molecule has 0 bridgehead atoms. The topological polar surface area (TPSA) is 87.9 Å². The lowest BCUT2D eigenvalue weighted by atomic mass is 9.99. The molecule has 0 unspecified atom stereocenters. The summed E-state index contributed by atoms with van der Waals surface area (Å²) in [6.07, 6.45) is 3.99. The first-order valence-corrected chi connectivity index (χ1v) is 5.66. The highest BCUT2D eigenvalue weighted by Crippen LogP contribution is 2.40. The van der Waals surface area contributed by atoms with Gasteiger partial charge in [-0.25, -0.2) is 0 Å². The zero-order chi connectivity index (χ0) is 11.1. The van der Waals surface area contributed by atoms with Crippen LogP contribution in [0, 0.1) is 11.8 Å². The number of aromatic nitrogens is 3. The molecule has 1 saturated carbocycles. The molecule has 3 N–H and O–H groups in total. The summed E-state index contributed by atoms with van der Waals surface area (Å²) in [5.41, 5.74) is 6.44. The number of nitrogens with two attached hydrogens (primary N) is 1. The van der Waals surface area contributed by atoms with Crippen molar-refractivity contribution in [3.63, 3.8) is 0 Å². The van der Waals surface area contributed by atoms with Gasteiger partial charge in [-0.05, 0) is 24.7 Å². The number of aromatic amines is 1. The summed E-state index contributed by atoms with van der Waals surface area (Å²) in [4.78, 5) is 13.8. The fourth-order valence-corrected chi connectivity index (χ4v) is 2.51. The van der Waals surface area contributed by atoms with E-state index in [0.717, 1.165) is 12.5 Å². The van der Waals surface area contributed by atoms with E-state index in [1.54, 1.807) is 4.90 Å². The first kappa shape index (κ1) is 9.77. The van der Waals surface area contributed by atoms with Crippen LogP contribution in [0.1, 0.15) is 23.3 Å². The van der Waals surface area contributed by atoms with Crippen LogP contribution in [-0.2, 0) is 0 Å². The minimum atomic E-state index is -0.0626. The van der Waals surface area contributed by atoms with Crippen LogP contribution in [0.3, 0.4) is 0 Å². The third-order valence-corrected chi connectivity index (χ3v) is 3.56. The molecule has 1 aromatic rings. The maximum Gasteiger partial charge on any atom is 0.276 e. The molecule has 1 saturated heterocycles. The number of H-pyrrole nitrogens is 1. The summed E-state index contributed by atoms with van der Waals surface area (Å²) in [5.74, 6) is 1.16. The lowest BCUT2D eigenvalue weighted by molar-refractivity contribution is 0.0779. The Morgan fingerprint density at radius 3 is 2.94 bits per heavy atom. The number of carbonyl (C=O) groups excluding carboxylic acids is 1. The fourth-order valence-electron chi connectivity index (χ4n) is 2.51. The van der Waals surface area contributed by atoms with Crippen molar-refractivity contribution >= 4 is 5.91 Å². The number of amides is 1. The van der Waals surface area contributed by atoms with Crippen molar-refractivity contribution in [1.82, 2.24) is 20.3 Å². The van der Waals surface area contributed by atoms with E-state index in [2.05, 4.69) is 15.4 Å². The van der Waals surface area contributed by atoms with Gasteiger partial charge in [-0.15, -0.1) is 0 Å². The summed E-state index contributed by atoms with van der Waals surface area (Å²) >= 11 is 0. The Kier molecular flexibility index (Phi) is 2.17. The van der Waals surface area contributed by atoms with Crippen molar-refractivity contribution in [3.05, 3.63) is 11.9 Å². The molecule has 86 valence electrons. The third-order valence-electron chi connectivity index (χ3n) is 3.56. The van der Waals surface area contributed by atoms with Gasteiger partial charge in [0, 0.05) is 19.1 Å². The fraction of sp³-hybridized carbons (Fsp3) is 0.700. The quantitative estimate of drug-likeness (QED) is 0.712. The Balaban J connectivity index is 1.70. The van der Waals surface area contributed by atoms with Crippen LogP contribution in [0.4, 0.5) is 0 Å². The molecule has 1 aromatic heterocycles. The van der Waals surface area contributed by atoms with Crippen LogP contribution < -0.4 is 5.73 Å². The second-order valence-corrected chi connectivity index (χ2v) is 4.73. The first-order valence-electron chi connectivity index (χ1n) is 5.66. The Bertz CT molecular complexity index is 386. The van der Waals surface area contributed by atoms with Gasteiger partial charge in [0.05, 0.1) is 6.20 Å². The minimum Gasteiger partial charge on any atom is -0.335 e. The van der Waals surface area contributed by atoms with Gasteiger partial charge >= 0.3 is 0 Å². The molecule has 6 heteroatoms. The molecule has 16 heavy (non-hydrogen) atoms. The molecule has 1 amide bonds. The van der Waals surface area contributed by atoms with Crippen molar-refractivity contribution in [2.45, 2.75) is 18.9 Å². The van der Waals surface area contributed by atoms with Crippen LogP contribution >= 0.6 is 0 Å². The molecule has 2 aliphatic rings. The average Bonchev–Trinajstić information content (AvgIpc) is 2.83. The molecular formula is C10H15N5O. The van der Waals surface area contributed by atoms with E-state index in [1.165, 1.54) is 19.0 Å². The molecule has 2 heterocycles. The third kappa shape index (κ3) is 1.59. The summed E-state index contributed by atoms with van der Waals surface area (Å²) in [6.45, 7) is 1.42. The maximum absolute atomic E-state index is 12.0. The molecule has 0 aromatic carbocycles. The van der Waals surface area contributed by atoms with Gasteiger partial charge in [0.25, 0.3) is 5.91 Å². The Hall–Kier alpha value is -1.43. The monoisotopic (exact) mass is 221 g/mol. The van der Waals surface area contributed by atoms with Gasteiger partial charge in [0.1, 0.15) is 0 Å². The lowest BCUT2D eigenvalue weighted by Gasteiger charge is -2.14. The van der Waals surface area contributed by atoms with Crippen molar-refractivity contribution in [2.24, 2.45) is 17.6 Å². The SMILES string of the molecule is N[C@H]1CN(C(=O)c2cn[nH]n2)C[C@@H]1C1CC1. The maximum atomic E-state index is 12.0. The zero-order valence-electron chi connectivity index (χ0n) is 8.97. The summed E-state index contributed by atoms with van der Waals surface area (Å²) < 4.78 is 0. The van der Waals surface area contributed by atoms with Crippen molar-refractivity contribution in [1.29, 1.82) is 0 Å². The van der Waals surface area contributed by atoms with E-state index >= 15 is 0 Å². The van der Waals surface area contributed by atoms with Crippen LogP contribution in [-0.4, -0.2) is 45.3 Å². The van der Waals surface area contributed by atoms with Gasteiger partial charge in [0.2, 0.25) is 0 Å². The second kappa shape index (κ2) is 3.55. The van der Waals surface area contributed by atoms with Crippen molar-refractivity contribution < 1.29 is 4.79 Å². The number of nitrogens with zero attached hydrogens (tertiary/aromatic N) is 3. The Morgan fingerprint density at radius 2 is 2.31 bits per heavy atom. The smallest absolute Gasteiger partial charge is 0.276 e. The zero-order valence-corrected chi connectivity index (χ0v) is 8.97. The van der Waals surface area contributed by atoms with Crippen LogP contribution in [0.2, 0.25) is 0 Å². The molecule has 2 atom stereocenters. The predicted molar refractivity (Wildman–Crippen MR) is 56.5 cm³/mol.